The molecule has 1 atom stereocenters. The van der Waals surface area contributed by atoms with E-state index in [4.69, 9.17) is 9.47 Å². The van der Waals surface area contributed by atoms with E-state index >= 15 is 0 Å². The first-order valence-corrected chi connectivity index (χ1v) is 20.9. The molecule has 11 nitrogen and oxygen atoms in total. The van der Waals surface area contributed by atoms with Crippen LogP contribution in [0.25, 0.3) is 0 Å². The number of ether oxygens (including phenoxy) is 2. The molecule has 6 rings (SSSR count). The quantitative estimate of drug-likeness (QED) is 0.124. The van der Waals surface area contributed by atoms with E-state index in [9.17, 15) is 23.4 Å². The third-order valence-corrected chi connectivity index (χ3v) is 12.6. The van der Waals surface area contributed by atoms with Crippen molar-refractivity contribution in [2.45, 2.75) is 75.6 Å². The number of hydrogen-bond donors (Lipinski definition) is 2. The Labute approximate surface area is 337 Å². The topological polar surface area (TPSA) is 134 Å². The van der Waals surface area contributed by atoms with Gasteiger partial charge in [0.1, 0.15) is 11.0 Å². The molecule has 57 heavy (non-hydrogen) atoms. The number of carbonyl (C=O) groups excluding carboxylic acids is 4. The Bertz CT molecular complexity index is 2060. The van der Waals surface area contributed by atoms with Crippen molar-refractivity contribution in [3.8, 4) is 0 Å². The van der Waals surface area contributed by atoms with Gasteiger partial charge in [0, 0.05) is 42.6 Å². The van der Waals surface area contributed by atoms with Gasteiger partial charge in [0.25, 0.3) is 11.8 Å². The van der Waals surface area contributed by atoms with Crippen molar-refractivity contribution in [2.24, 2.45) is 5.92 Å². The summed E-state index contributed by atoms with van der Waals surface area (Å²) < 4.78 is 25.5. The number of hydrogen-bond acceptors (Lipinski definition) is 8. The molecule has 1 aliphatic carbocycles. The summed E-state index contributed by atoms with van der Waals surface area (Å²) in [4.78, 5) is 54.4. The molecule has 2 N–H and O–H groups in total. The van der Waals surface area contributed by atoms with E-state index in [2.05, 4.69) is 15.5 Å². The van der Waals surface area contributed by atoms with Gasteiger partial charge in [-0.05, 0) is 130 Å². The summed E-state index contributed by atoms with van der Waals surface area (Å²) in [6, 6.07) is 27.5. The summed E-state index contributed by atoms with van der Waals surface area (Å²) in [5.41, 5.74) is 5.30. The van der Waals surface area contributed by atoms with E-state index in [0.717, 1.165) is 68.4 Å². The monoisotopic (exact) mass is 792 g/mol. The highest BCUT2D eigenvalue weighted by atomic mass is 32.2. The van der Waals surface area contributed by atoms with Crippen LogP contribution in [0.4, 0.5) is 17.1 Å². The number of nitrogens with one attached hydrogen (secondary N) is 2. The molecule has 1 saturated heterocycles. The summed E-state index contributed by atoms with van der Waals surface area (Å²) in [5, 5.41) is 6.00. The highest BCUT2D eigenvalue weighted by Gasteiger charge is 2.32. The summed E-state index contributed by atoms with van der Waals surface area (Å²) in [7, 11) is 1.25. The van der Waals surface area contributed by atoms with Crippen LogP contribution in [0.2, 0.25) is 0 Å². The molecule has 4 aromatic carbocycles. The minimum Gasteiger partial charge on any atom is -0.469 e. The maximum absolute atomic E-state index is 14.0. The minimum atomic E-state index is -1.52. The smallest absolute Gasteiger partial charge is 0.337 e. The molecule has 0 radical (unpaired) electrons. The van der Waals surface area contributed by atoms with Gasteiger partial charge in [0.15, 0.2) is 0 Å². The number of amides is 2. The number of nitrogens with zero attached hydrogens (tertiary/aromatic N) is 2. The lowest BCUT2D eigenvalue weighted by Crippen LogP contribution is -2.40. The van der Waals surface area contributed by atoms with Gasteiger partial charge in [-0.25, -0.2) is 13.3 Å². The van der Waals surface area contributed by atoms with E-state index in [0.29, 0.717) is 52.3 Å². The zero-order chi connectivity index (χ0) is 40.3. The molecule has 1 saturated carbocycles. The van der Waals surface area contributed by atoms with Crippen molar-refractivity contribution in [3.63, 3.8) is 0 Å². The van der Waals surface area contributed by atoms with Crippen molar-refractivity contribution < 1.29 is 32.9 Å². The van der Waals surface area contributed by atoms with Gasteiger partial charge in [-0.3, -0.25) is 14.4 Å². The highest BCUT2D eigenvalue weighted by Crippen LogP contribution is 2.31. The Morgan fingerprint density at radius 1 is 0.737 bits per heavy atom. The molecule has 2 amide bonds. The first-order chi connectivity index (χ1) is 27.7. The third-order valence-electron chi connectivity index (χ3n) is 11.0. The van der Waals surface area contributed by atoms with Crippen LogP contribution >= 0.6 is 0 Å². The first kappa shape index (κ1) is 41.3. The average molecular weight is 793 g/mol. The predicted octanol–water partition coefficient (Wildman–Crippen LogP) is 7.83. The molecule has 1 heterocycles. The minimum absolute atomic E-state index is 0.0448. The van der Waals surface area contributed by atoms with E-state index in [-0.39, 0.29) is 29.8 Å². The molecular formula is C45H52N4O7S. The number of rotatable bonds is 14. The van der Waals surface area contributed by atoms with Gasteiger partial charge in [0.2, 0.25) is 0 Å². The summed E-state index contributed by atoms with van der Waals surface area (Å²) in [5.74, 6) is -1.45. The number of esters is 2. The number of carbonyl (C=O) groups is 4. The standard InChI is InChI=1S/C45H52N4O7S/c1-4-49(37-23-19-34(20-24-37)45(53)56-3)57(54)39-10-8-9-35(29-39)42(50)47-41-26-25-38(48-27-6-5-7-28-48)30-40(41)43(51)46-36-21-15-32(16-22-36)12-11-31-13-17-33(18-14-31)44(52)55-2/h8-10,13-18,21-22,25-26,29-30,34,37H,4-7,11-12,19-20,23-24,27-28H2,1-3H3,(H,46,51)(H,47,50). The Hall–Kier alpha value is -5.33. The second-order valence-electron chi connectivity index (χ2n) is 14.6. The van der Waals surface area contributed by atoms with E-state index in [1.54, 1.807) is 42.5 Å². The van der Waals surface area contributed by atoms with Gasteiger partial charge in [-0.15, -0.1) is 0 Å². The fourth-order valence-electron chi connectivity index (χ4n) is 7.70. The number of benzene rings is 4. The molecule has 0 bridgehead atoms. The lowest BCUT2D eigenvalue weighted by Gasteiger charge is -2.34. The van der Waals surface area contributed by atoms with Crippen LogP contribution in [0, 0.1) is 5.92 Å². The molecule has 1 aliphatic heterocycles. The number of methoxy groups -OCH3 is 2. The second-order valence-corrected chi connectivity index (χ2v) is 16.0. The Balaban J connectivity index is 1.14. The number of anilines is 3. The van der Waals surface area contributed by atoms with Crippen LogP contribution in [0.3, 0.4) is 0 Å². The Morgan fingerprint density at radius 3 is 2.04 bits per heavy atom. The zero-order valence-electron chi connectivity index (χ0n) is 33.0. The first-order valence-electron chi connectivity index (χ1n) is 19.8. The normalized spacial score (nSPS) is 17.4. The molecule has 12 heteroatoms. The second kappa shape index (κ2) is 19.7. The maximum atomic E-state index is 14.0. The fourth-order valence-corrected chi connectivity index (χ4v) is 9.11. The molecule has 2 fully saturated rings. The Kier molecular flexibility index (Phi) is 14.3. The molecule has 2 aliphatic rings. The van der Waals surface area contributed by atoms with Crippen LogP contribution < -0.4 is 15.5 Å². The maximum Gasteiger partial charge on any atom is 0.337 e. The third kappa shape index (κ3) is 10.5. The van der Waals surface area contributed by atoms with Crippen LogP contribution in [0.1, 0.15) is 94.1 Å². The van der Waals surface area contributed by atoms with Gasteiger partial charge in [-0.2, -0.15) is 0 Å². The van der Waals surface area contributed by atoms with E-state index in [1.807, 2.05) is 59.8 Å². The molecule has 300 valence electrons. The highest BCUT2D eigenvalue weighted by molar-refractivity contribution is 7.82. The van der Waals surface area contributed by atoms with Gasteiger partial charge in [0.05, 0.1) is 41.8 Å². The van der Waals surface area contributed by atoms with Crippen LogP contribution in [0.15, 0.2) is 95.9 Å². The molecule has 0 spiro atoms. The fraction of sp³-hybridized carbons (Fsp3) is 0.378. The van der Waals surface area contributed by atoms with Crippen LogP contribution in [-0.2, 0) is 38.1 Å². The average Bonchev–Trinajstić information content (AvgIpc) is 3.26. The number of aryl methyl sites for hydroxylation is 2. The molecule has 1 unspecified atom stereocenters. The van der Waals surface area contributed by atoms with Gasteiger partial charge < -0.3 is 25.0 Å². The number of piperidine rings is 1. The molecular weight excluding hydrogens is 741 g/mol. The van der Waals surface area contributed by atoms with Crippen LogP contribution in [-0.4, -0.2) is 72.2 Å². The van der Waals surface area contributed by atoms with Gasteiger partial charge >= 0.3 is 11.9 Å². The van der Waals surface area contributed by atoms with Crippen molar-refractivity contribution in [1.82, 2.24) is 4.31 Å². The van der Waals surface area contributed by atoms with Crippen molar-refractivity contribution in [1.29, 1.82) is 0 Å². The zero-order valence-corrected chi connectivity index (χ0v) is 33.8. The molecule has 0 aromatic heterocycles. The predicted molar refractivity (Wildman–Crippen MR) is 223 cm³/mol. The largest absolute Gasteiger partial charge is 0.469 e. The van der Waals surface area contributed by atoms with Crippen molar-refractivity contribution in [3.05, 3.63) is 119 Å². The van der Waals surface area contributed by atoms with E-state index in [1.165, 1.54) is 20.6 Å². The van der Waals surface area contributed by atoms with Crippen molar-refractivity contribution >= 4 is 51.8 Å². The van der Waals surface area contributed by atoms with Crippen molar-refractivity contribution in [2.75, 3.05) is 49.4 Å². The van der Waals surface area contributed by atoms with Crippen LogP contribution in [0.5, 0.6) is 0 Å². The lowest BCUT2D eigenvalue weighted by atomic mass is 9.86. The lowest BCUT2D eigenvalue weighted by molar-refractivity contribution is -0.146. The molecule has 4 aromatic rings. The SMILES string of the molecule is CCN(C1CCC(C(=O)OC)CC1)S(=O)c1cccc(C(=O)Nc2ccc(N3CCCCC3)cc2C(=O)Nc2ccc(CCc3ccc(C(=O)OC)cc3)cc2)c1. The van der Waals surface area contributed by atoms with Gasteiger partial charge in [-0.1, -0.05) is 37.3 Å². The summed E-state index contributed by atoms with van der Waals surface area (Å²) >= 11 is 0. The van der Waals surface area contributed by atoms with E-state index < -0.39 is 16.9 Å². The Morgan fingerprint density at radius 2 is 1.40 bits per heavy atom. The summed E-state index contributed by atoms with van der Waals surface area (Å²) in [6.07, 6.45) is 7.73. The summed E-state index contributed by atoms with van der Waals surface area (Å²) in [6.45, 7) is 4.31.